The first-order valence-corrected chi connectivity index (χ1v) is 6.05. The van der Waals surface area contributed by atoms with Gasteiger partial charge >= 0.3 is 0 Å². The summed E-state index contributed by atoms with van der Waals surface area (Å²) in [6, 6.07) is 11.3. The van der Waals surface area contributed by atoms with Crippen molar-refractivity contribution >= 4 is 17.3 Å². The lowest BCUT2D eigenvalue weighted by Crippen LogP contribution is -1.90. The van der Waals surface area contributed by atoms with Crippen LogP contribution in [0.2, 0.25) is 0 Å². The average molecular weight is 270 g/mol. The third-order valence-electron chi connectivity index (χ3n) is 3.18. The number of rotatable bonds is 3. The Morgan fingerprint density at radius 1 is 1.20 bits per heavy atom. The Labute approximate surface area is 114 Å². The summed E-state index contributed by atoms with van der Waals surface area (Å²) in [7, 11) is 1.49. The van der Waals surface area contributed by atoms with Gasteiger partial charge in [-0.15, -0.1) is 0 Å². The Morgan fingerprint density at radius 2 is 2.00 bits per heavy atom. The van der Waals surface area contributed by atoms with Crippen LogP contribution in [0.4, 0.5) is 4.39 Å². The molecule has 0 amide bonds. The molecule has 3 nitrogen and oxygen atoms in total. The summed E-state index contributed by atoms with van der Waals surface area (Å²) in [6.45, 7) is 0. The van der Waals surface area contributed by atoms with Crippen molar-refractivity contribution in [2.24, 2.45) is 0 Å². The number of benzene rings is 2. The Hall–Kier alpha value is -2.62. The number of hydrogen-bond donors (Lipinski definition) is 0. The number of fused-ring (bicyclic) bond motifs is 1. The minimum Gasteiger partial charge on any atom is -0.496 e. The first-order valence-electron chi connectivity index (χ1n) is 6.05. The molecule has 0 atom stereocenters. The number of ether oxygens (including phenoxy) is 1. The molecule has 100 valence electrons. The van der Waals surface area contributed by atoms with Crippen molar-refractivity contribution in [2.75, 3.05) is 7.11 Å². The van der Waals surface area contributed by atoms with Crippen molar-refractivity contribution in [3.63, 3.8) is 0 Å². The highest BCUT2D eigenvalue weighted by Gasteiger charge is 2.15. The molecule has 0 radical (unpaired) electrons. The summed E-state index contributed by atoms with van der Waals surface area (Å²) in [6.07, 6.45) is 0.710. The topological polar surface area (TPSA) is 39.4 Å². The van der Waals surface area contributed by atoms with Gasteiger partial charge in [0.05, 0.1) is 18.2 Å². The van der Waals surface area contributed by atoms with Crippen LogP contribution in [0.25, 0.3) is 22.3 Å². The second-order valence-electron chi connectivity index (χ2n) is 4.30. The SMILES string of the molecule is COc1ccc2oc(-c3ccccc3F)cc2c1C=O. The predicted octanol–water partition coefficient (Wildman–Crippen LogP) is 4.06. The van der Waals surface area contributed by atoms with Crippen LogP contribution in [-0.4, -0.2) is 13.4 Å². The van der Waals surface area contributed by atoms with E-state index in [1.165, 1.54) is 13.2 Å². The maximum absolute atomic E-state index is 13.8. The lowest BCUT2D eigenvalue weighted by Gasteiger charge is -2.02. The van der Waals surface area contributed by atoms with Crippen LogP contribution in [0.15, 0.2) is 46.9 Å². The number of carbonyl (C=O) groups is 1. The molecule has 0 fully saturated rings. The predicted molar refractivity (Wildman–Crippen MR) is 73.5 cm³/mol. The van der Waals surface area contributed by atoms with Crippen LogP contribution in [0, 0.1) is 5.82 Å². The first kappa shape index (κ1) is 12.4. The van der Waals surface area contributed by atoms with Gasteiger partial charge in [0, 0.05) is 5.39 Å². The minimum atomic E-state index is -0.369. The zero-order valence-electron chi connectivity index (χ0n) is 10.7. The van der Waals surface area contributed by atoms with Gasteiger partial charge in [0.25, 0.3) is 0 Å². The summed E-state index contributed by atoms with van der Waals surface area (Å²) in [5.41, 5.74) is 1.28. The number of carbonyl (C=O) groups excluding carboxylic acids is 1. The molecule has 0 aliphatic rings. The number of aldehydes is 1. The van der Waals surface area contributed by atoms with Gasteiger partial charge in [0.1, 0.15) is 22.9 Å². The number of furan rings is 1. The maximum Gasteiger partial charge on any atom is 0.154 e. The van der Waals surface area contributed by atoms with Crippen molar-refractivity contribution in [3.05, 3.63) is 53.8 Å². The molecule has 0 aliphatic heterocycles. The fraction of sp³-hybridized carbons (Fsp3) is 0.0625. The van der Waals surface area contributed by atoms with E-state index in [1.54, 1.807) is 36.4 Å². The van der Waals surface area contributed by atoms with Gasteiger partial charge in [-0.1, -0.05) is 12.1 Å². The lowest BCUT2D eigenvalue weighted by molar-refractivity contribution is 0.112. The van der Waals surface area contributed by atoms with Crippen molar-refractivity contribution in [1.29, 1.82) is 0 Å². The fourth-order valence-corrected chi connectivity index (χ4v) is 2.21. The molecule has 0 aliphatic carbocycles. The van der Waals surface area contributed by atoms with Crippen molar-refractivity contribution < 1.29 is 18.3 Å². The van der Waals surface area contributed by atoms with Crippen LogP contribution < -0.4 is 4.74 Å². The van der Waals surface area contributed by atoms with E-state index in [4.69, 9.17) is 9.15 Å². The quantitative estimate of drug-likeness (QED) is 0.674. The van der Waals surface area contributed by atoms with Crippen LogP contribution in [0.5, 0.6) is 5.75 Å². The molecule has 0 saturated heterocycles. The molecule has 4 heteroatoms. The molecule has 20 heavy (non-hydrogen) atoms. The van der Waals surface area contributed by atoms with Crippen LogP contribution in [-0.2, 0) is 0 Å². The maximum atomic E-state index is 13.8. The third-order valence-corrected chi connectivity index (χ3v) is 3.18. The van der Waals surface area contributed by atoms with Gasteiger partial charge in [-0.3, -0.25) is 4.79 Å². The minimum absolute atomic E-state index is 0.361. The van der Waals surface area contributed by atoms with E-state index in [1.807, 2.05) is 0 Å². The number of methoxy groups -OCH3 is 1. The van der Waals surface area contributed by atoms with Gasteiger partial charge in [0.2, 0.25) is 0 Å². The Balaban J connectivity index is 2.26. The molecular formula is C16H11FO3. The second-order valence-corrected chi connectivity index (χ2v) is 4.30. The van der Waals surface area contributed by atoms with E-state index in [2.05, 4.69) is 0 Å². The summed E-state index contributed by atoms with van der Waals surface area (Å²) in [5, 5.41) is 0.609. The highest BCUT2D eigenvalue weighted by Crippen LogP contribution is 2.34. The van der Waals surface area contributed by atoms with Gasteiger partial charge in [-0.2, -0.15) is 0 Å². The molecule has 0 unspecified atom stereocenters. The molecule has 1 aromatic heterocycles. The molecule has 2 aromatic carbocycles. The van der Waals surface area contributed by atoms with Gasteiger partial charge < -0.3 is 9.15 Å². The van der Waals surface area contributed by atoms with Crippen molar-refractivity contribution in [2.45, 2.75) is 0 Å². The Bertz CT molecular complexity index is 790. The van der Waals surface area contributed by atoms with Gasteiger partial charge in [0.15, 0.2) is 6.29 Å². The van der Waals surface area contributed by atoms with E-state index in [0.29, 0.717) is 39.9 Å². The Morgan fingerprint density at radius 3 is 2.70 bits per heavy atom. The molecule has 1 heterocycles. The van der Waals surface area contributed by atoms with Crippen LogP contribution in [0.1, 0.15) is 10.4 Å². The number of hydrogen-bond acceptors (Lipinski definition) is 3. The summed E-state index contributed by atoms with van der Waals surface area (Å²) in [5.74, 6) is 0.481. The summed E-state index contributed by atoms with van der Waals surface area (Å²) in [4.78, 5) is 11.2. The highest BCUT2D eigenvalue weighted by molar-refractivity contribution is 6.00. The van der Waals surface area contributed by atoms with Gasteiger partial charge in [-0.05, 0) is 30.3 Å². The largest absolute Gasteiger partial charge is 0.496 e. The first-order chi connectivity index (χ1) is 9.74. The average Bonchev–Trinajstić information content (AvgIpc) is 2.90. The summed E-state index contributed by atoms with van der Waals surface area (Å²) < 4.78 is 24.5. The molecule has 0 bridgehead atoms. The molecule has 0 N–H and O–H groups in total. The Kier molecular flexibility index (Phi) is 2.99. The van der Waals surface area contributed by atoms with E-state index >= 15 is 0 Å². The van der Waals surface area contributed by atoms with E-state index in [-0.39, 0.29) is 5.82 Å². The van der Waals surface area contributed by atoms with E-state index < -0.39 is 0 Å². The second kappa shape index (κ2) is 4.81. The highest BCUT2D eigenvalue weighted by atomic mass is 19.1. The normalized spacial score (nSPS) is 10.7. The van der Waals surface area contributed by atoms with Crippen molar-refractivity contribution in [1.82, 2.24) is 0 Å². The molecule has 3 aromatic rings. The fourth-order valence-electron chi connectivity index (χ4n) is 2.21. The zero-order valence-corrected chi connectivity index (χ0v) is 10.7. The van der Waals surface area contributed by atoms with Crippen molar-refractivity contribution in [3.8, 4) is 17.1 Å². The molecule has 0 saturated carbocycles. The summed E-state index contributed by atoms with van der Waals surface area (Å²) >= 11 is 0. The zero-order chi connectivity index (χ0) is 14.1. The van der Waals surface area contributed by atoms with Gasteiger partial charge in [-0.25, -0.2) is 4.39 Å². The molecular weight excluding hydrogens is 259 g/mol. The smallest absolute Gasteiger partial charge is 0.154 e. The molecule has 0 spiro atoms. The lowest BCUT2D eigenvalue weighted by atomic mass is 10.1. The van der Waals surface area contributed by atoms with Crippen LogP contribution >= 0.6 is 0 Å². The third kappa shape index (κ3) is 1.86. The van der Waals surface area contributed by atoms with E-state index in [9.17, 15) is 9.18 Å². The number of halogens is 1. The van der Waals surface area contributed by atoms with Crippen LogP contribution in [0.3, 0.4) is 0 Å². The monoisotopic (exact) mass is 270 g/mol. The standard InChI is InChI=1S/C16H11FO3/c1-19-14-6-7-15-11(12(14)9-18)8-16(20-15)10-4-2-3-5-13(10)17/h2-9H,1H3. The molecule has 3 rings (SSSR count). The van der Waals surface area contributed by atoms with E-state index in [0.717, 1.165) is 0 Å².